The molecule has 0 aliphatic carbocycles. The molecule has 2 saturated heterocycles. The standard InChI is InChI=1S/C20H25NO4/c1-14-7-6-10-21(12-14)13-16-9-5-4-8-15(16)11-17-18(22)24-20(2,3)25-19(17)23/h4-5,8-9,11,14H,6-7,10,12-13H2,1-3H3. The van der Waals surface area contributed by atoms with E-state index in [-0.39, 0.29) is 5.57 Å². The Morgan fingerprint density at radius 1 is 1.20 bits per heavy atom. The van der Waals surface area contributed by atoms with Crippen molar-refractivity contribution in [1.29, 1.82) is 0 Å². The average Bonchev–Trinajstić information content (AvgIpc) is 2.51. The molecule has 2 aliphatic rings. The van der Waals surface area contributed by atoms with Crippen molar-refractivity contribution in [2.24, 2.45) is 5.92 Å². The topological polar surface area (TPSA) is 55.8 Å². The van der Waals surface area contributed by atoms with Gasteiger partial charge in [-0.1, -0.05) is 31.2 Å². The minimum atomic E-state index is -1.21. The summed E-state index contributed by atoms with van der Waals surface area (Å²) in [5, 5.41) is 0. The second-order valence-corrected chi connectivity index (χ2v) is 7.42. The van der Waals surface area contributed by atoms with E-state index in [0.717, 1.165) is 30.8 Å². The Bertz CT molecular complexity index is 685. The minimum absolute atomic E-state index is 0.0567. The van der Waals surface area contributed by atoms with E-state index in [4.69, 9.17) is 9.47 Å². The van der Waals surface area contributed by atoms with Crippen LogP contribution in [0.5, 0.6) is 0 Å². The summed E-state index contributed by atoms with van der Waals surface area (Å²) >= 11 is 0. The first-order chi connectivity index (χ1) is 11.8. The van der Waals surface area contributed by atoms with Crippen LogP contribution >= 0.6 is 0 Å². The lowest BCUT2D eigenvalue weighted by Crippen LogP contribution is -2.41. The second-order valence-electron chi connectivity index (χ2n) is 7.42. The molecule has 1 atom stereocenters. The van der Waals surface area contributed by atoms with Crippen molar-refractivity contribution in [1.82, 2.24) is 4.90 Å². The highest BCUT2D eigenvalue weighted by atomic mass is 16.7. The van der Waals surface area contributed by atoms with Crippen LogP contribution in [0.1, 0.15) is 44.7 Å². The maximum absolute atomic E-state index is 12.2. The molecule has 0 bridgehead atoms. The van der Waals surface area contributed by atoms with Gasteiger partial charge in [0.2, 0.25) is 0 Å². The summed E-state index contributed by atoms with van der Waals surface area (Å²) in [6, 6.07) is 7.83. The molecule has 5 nitrogen and oxygen atoms in total. The summed E-state index contributed by atoms with van der Waals surface area (Å²) in [5.41, 5.74) is 1.89. The number of esters is 2. The number of nitrogens with zero attached hydrogens (tertiary/aromatic N) is 1. The number of piperidine rings is 1. The summed E-state index contributed by atoms with van der Waals surface area (Å²) in [5.74, 6) is -1.79. The Morgan fingerprint density at radius 3 is 2.56 bits per heavy atom. The molecule has 3 rings (SSSR count). The van der Waals surface area contributed by atoms with Gasteiger partial charge >= 0.3 is 11.9 Å². The van der Waals surface area contributed by atoms with Crippen LogP contribution in [0.4, 0.5) is 0 Å². The largest absolute Gasteiger partial charge is 0.419 e. The molecule has 2 aliphatic heterocycles. The third kappa shape index (κ3) is 4.28. The van der Waals surface area contributed by atoms with E-state index in [1.807, 2.05) is 24.3 Å². The normalized spacial score (nSPS) is 23.8. The predicted octanol–water partition coefficient (Wildman–Crippen LogP) is 3.14. The Kier molecular flexibility index (Phi) is 4.95. The maximum atomic E-state index is 12.2. The van der Waals surface area contributed by atoms with Gasteiger partial charge in [0.1, 0.15) is 5.57 Å². The number of hydrogen-bond acceptors (Lipinski definition) is 5. The van der Waals surface area contributed by atoms with E-state index < -0.39 is 17.7 Å². The molecule has 0 saturated carbocycles. The van der Waals surface area contributed by atoms with E-state index in [9.17, 15) is 9.59 Å². The fraction of sp³-hybridized carbons (Fsp3) is 0.500. The quantitative estimate of drug-likeness (QED) is 0.479. The zero-order chi connectivity index (χ0) is 18.0. The van der Waals surface area contributed by atoms with Gasteiger partial charge in [-0.25, -0.2) is 9.59 Å². The van der Waals surface area contributed by atoms with Crippen LogP contribution in [0.2, 0.25) is 0 Å². The van der Waals surface area contributed by atoms with Crippen LogP contribution in [0.3, 0.4) is 0 Å². The van der Waals surface area contributed by atoms with Gasteiger partial charge in [-0.15, -0.1) is 0 Å². The van der Waals surface area contributed by atoms with Crippen LogP contribution in [-0.4, -0.2) is 35.7 Å². The van der Waals surface area contributed by atoms with Crippen LogP contribution in [0.25, 0.3) is 6.08 Å². The van der Waals surface area contributed by atoms with Crippen molar-refractivity contribution in [3.8, 4) is 0 Å². The fourth-order valence-corrected chi connectivity index (χ4v) is 3.42. The molecule has 134 valence electrons. The molecule has 0 N–H and O–H groups in total. The van der Waals surface area contributed by atoms with Gasteiger partial charge in [-0.2, -0.15) is 0 Å². The van der Waals surface area contributed by atoms with Gasteiger partial charge < -0.3 is 9.47 Å². The molecule has 0 aromatic heterocycles. The van der Waals surface area contributed by atoms with Crippen LogP contribution in [-0.2, 0) is 25.6 Å². The molecule has 2 heterocycles. The molecule has 1 aromatic carbocycles. The van der Waals surface area contributed by atoms with Gasteiger partial charge in [0, 0.05) is 26.9 Å². The van der Waals surface area contributed by atoms with Crippen molar-refractivity contribution in [2.45, 2.75) is 45.9 Å². The first kappa shape index (κ1) is 17.7. The number of ether oxygens (including phenoxy) is 2. The molecule has 1 unspecified atom stereocenters. The first-order valence-electron chi connectivity index (χ1n) is 8.83. The lowest BCUT2D eigenvalue weighted by molar-refractivity contribution is -0.222. The number of hydrogen-bond donors (Lipinski definition) is 0. The number of rotatable bonds is 3. The average molecular weight is 343 g/mol. The number of carbonyl (C=O) groups excluding carboxylic acids is 2. The maximum Gasteiger partial charge on any atom is 0.348 e. The number of cyclic esters (lactones) is 2. The molecular formula is C20H25NO4. The Morgan fingerprint density at radius 2 is 1.88 bits per heavy atom. The highest BCUT2D eigenvalue weighted by Crippen LogP contribution is 2.26. The van der Waals surface area contributed by atoms with E-state index in [1.165, 1.54) is 12.8 Å². The van der Waals surface area contributed by atoms with Crippen molar-refractivity contribution in [3.63, 3.8) is 0 Å². The van der Waals surface area contributed by atoms with Crippen LogP contribution < -0.4 is 0 Å². The van der Waals surface area contributed by atoms with Gasteiger partial charge in [-0.05, 0) is 42.5 Å². The molecule has 1 aromatic rings. The second kappa shape index (κ2) is 7.00. The molecule has 0 radical (unpaired) electrons. The Labute approximate surface area is 148 Å². The van der Waals surface area contributed by atoms with Crippen molar-refractivity contribution in [2.75, 3.05) is 13.1 Å². The van der Waals surface area contributed by atoms with Gasteiger partial charge in [0.15, 0.2) is 0 Å². The van der Waals surface area contributed by atoms with Crippen molar-refractivity contribution in [3.05, 3.63) is 41.0 Å². The number of benzene rings is 1. The van der Waals surface area contributed by atoms with Crippen LogP contribution in [0.15, 0.2) is 29.8 Å². The smallest absolute Gasteiger partial charge is 0.348 e. The summed E-state index contributed by atoms with van der Waals surface area (Å²) in [6.45, 7) is 8.32. The van der Waals surface area contributed by atoms with Crippen molar-refractivity contribution >= 4 is 18.0 Å². The fourth-order valence-electron chi connectivity index (χ4n) is 3.42. The van der Waals surface area contributed by atoms with Gasteiger partial charge in [0.05, 0.1) is 0 Å². The molecular weight excluding hydrogens is 318 g/mol. The minimum Gasteiger partial charge on any atom is -0.419 e. The molecule has 0 amide bonds. The first-order valence-corrected chi connectivity index (χ1v) is 8.83. The lowest BCUT2D eigenvalue weighted by Gasteiger charge is -2.31. The third-order valence-corrected chi connectivity index (χ3v) is 4.61. The SMILES string of the molecule is CC1CCCN(Cc2ccccc2C=C2C(=O)OC(C)(C)OC2=O)C1. The summed E-state index contributed by atoms with van der Waals surface area (Å²) < 4.78 is 10.3. The highest BCUT2D eigenvalue weighted by molar-refractivity contribution is 6.18. The Hall–Kier alpha value is -2.14. The monoisotopic (exact) mass is 343 g/mol. The van der Waals surface area contributed by atoms with E-state index in [1.54, 1.807) is 19.9 Å². The zero-order valence-corrected chi connectivity index (χ0v) is 15.1. The molecule has 25 heavy (non-hydrogen) atoms. The van der Waals surface area contributed by atoms with Crippen LogP contribution in [0, 0.1) is 5.92 Å². The highest BCUT2D eigenvalue weighted by Gasteiger charge is 2.38. The zero-order valence-electron chi connectivity index (χ0n) is 15.1. The number of likely N-dealkylation sites (tertiary alicyclic amines) is 1. The van der Waals surface area contributed by atoms with E-state index >= 15 is 0 Å². The summed E-state index contributed by atoms with van der Waals surface area (Å²) in [6.07, 6.45) is 4.07. The van der Waals surface area contributed by atoms with E-state index in [0.29, 0.717) is 5.92 Å². The van der Waals surface area contributed by atoms with Crippen molar-refractivity contribution < 1.29 is 19.1 Å². The lowest BCUT2D eigenvalue weighted by atomic mass is 9.98. The predicted molar refractivity (Wildman–Crippen MR) is 94.4 cm³/mol. The number of carbonyl (C=O) groups is 2. The Balaban J connectivity index is 1.83. The summed E-state index contributed by atoms with van der Waals surface area (Å²) in [7, 11) is 0. The molecule has 2 fully saturated rings. The summed E-state index contributed by atoms with van der Waals surface area (Å²) in [4.78, 5) is 26.8. The third-order valence-electron chi connectivity index (χ3n) is 4.61. The van der Waals surface area contributed by atoms with Gasteiger partial charge in [-0.3, -0.25) is 4.90 Å². The molecule has 5 heteroatoms. The van der Waals surface area contributed by atoms with Gasteiger partial charge in [0.25, 0.3) is 5.79 Å². The molecule has 0 spiro atoms. The van der Waals surface area contributed by atoms with E-state index in [2.05, 4.69) is 11.8 Å².